The average molecular weight is 269 g/mol. The lowest BCUT2D eigenvalue weighted by Gasteiger charge is -2.16. The number of benzene rings is 2. The van der Waals surface area contributed by atoms with Crippen molar-refractivity contribution in [1.82, 2.24) is 4.90 Å². The second-order valence-electron chi connectivity index (χ2n) is 4.94. The molecule has 0 aliphatic rings. The van der Waals surface area contributed by atoms with E-state index in [-0.39, 0.29) is 11.5 Å². The van der Waals surface area contributed by atoms with E-state index in [2.05, 4.69) is 17.0 Å². The fourth-order valence-electron chi connectivity index (χ4n) is 2.06. The molecule has 0 aliphatic heterocycles. The first kappa shape index (κ1) is 14.3. The highest BCUT2D eigenvalue weighted by molar-refractivity contribution is 5.96. The average Bonchev–Trinajstić information content (AvgIpc) is 2.46. The first-order chi connectivity index (χ1) is 9.65. The summed E-state index contributed by atoms with van der Waals surface area (Å²) in [6.45, 7) is 1.55. The molecule has 0 unspecified atom stereocenters. The van der Waals surface area contributed by atoms with Gasteiger partial charge in [-0.2, -0.15) is 0 Å². The zero-order chi connectivity index (χ0) is 14.4. The summed E-state index contributed by atoms with van der Waals surface area (Å²) in [5, 5.41) is 9.20. The van der Waals surface area contributed by atoms with E-state index < -0.39 is 0 Å². The van der Waals surface area contributed by atoms with Gasteiger partial charge in [0.25, 0.3) is 0 Å². The van der Waals surface area contributed by atoms with Crippen molar-refractivity contribution in [3.8, 4) is 5.75 Å². The van der Waals surface area contributed by atoms with Gasteiger partial charge in [0.15, 0.2) is 5.78 Å². The Balaban J connectivity index is 1.82. The minimum absolute atomic E-state index is 0.102. The molecule has 0 aliphatic carbocycles. The lowest BCUT2D eigenvalue weighted by atomic mass is 10.1. The number of hydrogen-bond donors (Lipinski definition) is 1. The molecule has 0 saturated carbocycles. The Morgan fingerprint density at radius 2 is 1.70 bits per heavy atom. The van der Waals surface area contributed by atoms with Crippen LogP contribution in [0, 0.1) is 0 Å². The highest BCUT2D eigenvalue weighted by Gasteiger charge is 2.08. The van der Waals surface area contributed by atoms with Crippen LogP contribution in [-0.2, 0) is 6.54 Å². The molecule has 0 saturated heterocycles. The zero-order valence-electron chi connectivity index (χ0n) is 11.6. The van der Waals surface area contributed by atoms with Gasteiger partial charge >= 0.3 is 0 Å². The van der Waals surface area contributed by atoms with Crippen LogP contribution in [0.5, 0.6) is 5.75 Å². The minimum Gasteiger partial charge on any atom is -0.508 e. The molecule has 20 heavy (non-hydrogen) atoms. The molecular weight excluding hydrogens is 250 g/mol. The fraction of sp³-hybridized carbons (Fsp3) is 0.235. The summed E-state index contributed by atoms with van der Waals surface area (Å²) in [5.74, 6) is 0.285. The van der Waals surface area contributed by atoms with Crippen LogP contribution in [0.2, 0.25) is 0 Å². The van der Waals surface area contributed by atoms with Gasteiger partial charge in [-0.25, -0.2) is 0 Å². The predicted molar refractivity (Wildman–Crippen MR) is 79.8 cm³/mol. The standard InChI is InChI=1S/C17H19NO2/c1-18(13-14-5-3-2-4-6-14)12-11-17(20)15-7-9-16(19)10-8-15/h2-10,19H,11-13H2,1H3. The number of rotatable bonds is 6. The highest BCUT2D eigenvalue weighted by atomic mass is 16.3. The number of aromatic hydroxyl groups is 1. The number of carbonyl (C=O) groups excluding carboxylic acids is 1. The van der Waals surface area contributed by atoms with Crippen LogP contribution in [0.4, 0.5) is 0 Å². The van der Waals surface area contributed by atoms with Gasteiger partial charge in [-0.15, -0.1) is 0 Å². The van der Waals surface area contributed by atoms with Crippen LogP contribution < -0.4 is 0 Å². The van der Waals surface area contributed by atoms with Gasteiger partial charge in [-0.3, -0.25) is 4.79 Å². The Bertz CT molecular complexity index is 549. The number of phenolic OH excluding ortho intramolecular Hbond substituents is 1. The molecule has 1 N–H and O–H groups in total. The summed E-state index contributed by atoms with van der Waals surface area (Å²) >= 11 is 0. The first-order valence-corrected chi connectivity index (χ1v) is 6.70. The van der Waals surface area contributed by atoms with Crippen LogP contribution in [-0.4, -0.2) is 29.4 Å². The van der Waals surface area contributed by atoms with Crippen LogP contribution in [0.3, 0.4) is 0 Å². The molecule has 0 aromatic heterocycles. The molecule has 0 atom stereocenters. The predicted octanol–water partition coefficient (Wildman–Crippen LogP) is 3.10. The Hall–Kier alpha value is -2.13. The molecule has 0 fully saturated rings. The number of Topliss-reactive ketones (excluding diaryl/α,β-unsaturated/α-hetero) is 1. The van der Waals surface area contributed by atoms with Crippen molar-refractivity contribution in [2.75, 3.05) is 13.6 Å². The van der Waals surface area contributed by atoms with Crippen molar-refractivity contribution in [3.63, 3.8) is 0 Å². The molecule has 2 aromatic carbocycles. The molecule has 0 amide bonds. The molecule has 3 nitrogen and oxygen atoms in total. The maximum Gasteiger partial charge on any atom is 0.164 e. The third-order valence-electron chi connectivity index (χ3n) is 3.21. The van der Waals surface area contributed by atoms with E-state index in [0.29, 0.717) is 18.5 Å². The van der Waals surface area contributed by atoms with Gasteiger partial charge in [0.2, 0.25) is 0 Å². The van der Waals surface area contributed by atoms with Crippen molar-refractivity contribution in [2.45, 2.75) is 13.0 Å². The summed E-state index contributed by atoms with van der Waals surface area (Å²) in [4.78, 5) is 14.1. The van der Waals surface area contributed by atoms with E-state index >= 15 is 0 Å². The SMILES string of the molecule is CN(CCC(=O)c1ccc(O)cc1)Cc1ccccc1. The Labute approximate surface area is 119 Å². The molecule has 104 valence electrons. The Morgan fingerprint density at radius 1 is 1.05 bits per heavy atom. The smallest absolute Gasteiger partial charge is 0.164 e. The van der Waals surface area contributed by atoms with Crippen LogP contribution in [0.15, 0.2) is 54.6 Å². The van der Waals surface area contributed by atoms with Gasteiger partial charge in [-0.05, 0) is 36.9 Å². The number of nitrogens with zero attached hydrogens (tertiary/aromatic N) is 1. The second kappa shape index (κ2) is 6.87. The Kier molecular flexibility index (Phi) is 4.91. The van der Waals surface area contributed by atoms with Crippen molar-refractivity contribution < 1.29 is 9.90 Å². The van der Waals surface area contributed by atoms with Crippen LogP contribution >= 0.6 is 0 Å². The summed E-state index contributed by atoms with van der Waals surface area (Å²) in [5.41, 5.74) is 1.89. The van der Waals surface area contributed by atoms with Gasteiger partial charge < -0.3 is 10.0 Å². The number of carbonyl (C=O) groups is 1. The molecule has 2 rings (SSSR count). The van der Waals surface area contributed by atoms with Gasteiger partial charge in [0.05, 0.1) is 0 Å². The van der Waals surface area contributed by atoms with Crippen molar-refractivity contribution in [1.29, 1.82) is 0 Å². The zero-order valence-corrected chi connectivity index (χ0v) is 11.6. The molecule has 0 radical (unpaired) electrons. The summed E-state index contributed by atoms with van der Waals surface area (Å²) in [6.07, 6.45) is 0.480. The maximum absolute atomic E-state index is 12.0. The number of phenols is 1. The fourth-order valence-corrected chi connectivity index (χ4v) is 2.06. The van der Waals surface area contributed by atoms with Gasteiger partial charge in [0.1, 0.15) is 5.75 Å². The molecule has 3 heteroatoms. The van der Waals surface area contributed by atoms with Crippen LogP contribution in [0.1, 0.15) is 22.3 Å². The number of hydrogen-bond acceptors (Lipinski definition) is 3. The molecule has 0 spiro atoms. The summed E-state index contributed by atoms with van der Waals surface area (Å²) in [6, 6.07) is 16.6. The third-order valence-corrected chi connectivity index (χ3v) is 3.21. The second-order valence-corrected chi connectivity index (χ2v) is 4.94. The lowest BCUT2D eigenvalue weighted by molar-refractivity contribution is 0.0968. The normalized spacial score (nSPS) is 10.7. The van der Waals surface area contributed by atoms with E-state index in [0.717, 1.165) is 6.54 Å². The summed E-state index contributed by atoms with van der Waals surface area (Å²) < 4.78 is 0. The molecule has 2 aromatic rings. The van der Waals surface area contributed by atoms with E-state index in [9.17, 15) is 9.90 Å². The quantitative estimate of drug-likeness (QED) is 0.819. The molecular formula is C17H19NO2. The van der Waals surface area contributed by atoms with E-state index in [1.807, 2.05) is 25.2 Å². The minimum atomic E-state index is 0.102. The summed E-state index contributed by atoms with van der Waals surface area (Å²) in [7, 11) is 2.01. The van der Waals surface area contributed by atoms with E-state index in [1.165, 1.54) is 5.56 Å². The number of ketones is 1. The largest absolute Gasteiger partial charge is 0.508 e. The first-order valence-electron chi connectivity index (χ1n) is 6.70. The maximum atomic E-state index is 12.0. The van der Waals surface area contributed by atoms with Crippen molar-refractivity contribution >= 4 is 5.78 Å². The van der Waals surface area contributed by atoms with E-state index in [4.69, 9.17) is 0 Å². The topological polar surface area (TPSA) is 40.5 Å². The van der Waals surface area contributed by atoms with E-state index in [1.54, 1.807) is 24.3 Å². The van der Waals surface area contributed by atoms with Crippen LogP contribution in [0.25, 0.3) is 0 Å². The third kappa shape index (κ3) is 4.21. The van der Waals surface area contributed by atoms with Crippen molar-refractivity contribution in [2.24, 2.45) is 0 Å². The monoisotopic (exact) mass is 269 g/mol. The van der Waals surface area contributed by atoms with Gasteiger partial charge in [0, 0.05) is 25.1 Å². The van der Waals surface area contributed by atoms with Gasteiger partial charge in [-0.1, -0.05) is 30.3 Å². The highest BCUT2D eigenvalue weighted by Crippen LogP contribution is 2.12. The molecule has 0 bridgehead atoms. The lowest BCUT2D eigenvalue weighted by Crippen LogP contribution is -2.21. The molecule has 0 heterocycles. The Morgan fingerprint density at radius 3 is 2.35 bits per heavy atom. The van der Waals surface area contributed by atoms with Crippen molar-refractivity contribution in [3.05, 3.63) is 65.7 Å².